The molecular formula is C16H22N2O2. The van der Waals surface area contributed by atoms with E-state index in [1.807, 2.05) is 31.2 Å². The first-order valence-electron chi connectivity index (χ1n) is 7.47. The van der Waals surface area contributed by atoms with Crippen molar-refractivity contribution in [2.24, 2.45) is 17.8 Å². The lowest BCUT2D eigenvalue weighted by Gasteiger charge is -2.31. The molecule has 1 aromatic carbocycles. The van der Waals surface area contributed by atoms with Gasteiger partial charge in [0.25, 0.3) is 0 Å². The Bertz CT molecular complexity index is 481. The van der Waals surface area contributed by atoms with Gasteiger partial charge in [0.15, 0.2) is 0 Å². The maximum absolute atomic E-state index is 12.3. The van der Waals surface area contributed by atoms with E-state index in [-0.39, 0.29) is 11.8 Å². The molecule has 0 spiro atoms. The van der Waals surface area contributed by atoms with Crippen LogP contribution >= 0.6 is 0 Å². The molecule has 1 unspecified atom stereocenters. The number of carbonyl (C=O) groups is 1. The van der Waals surface area contributed by atoms with Gasteiger partial charge < -0.3 is 15.4 Å². The van der Waals surface area contributed by atoms with E-state index < -0.39 is 0 Å². The van der Waals surface area contributed by atoms with Gasteiger partial charge >= 0.3 is 0 Å². The Morgan fingerprint density at radius 1 is 1.40 bits per heavy atom. The summed E-state index contributed by atoms with van der Waals surface area (Å²) in [5.74, 6) is 2.06. The lowest BCUT2D eigenvalue weighted by atomic mass is 9.88. The molecule has 20 heavy (non-hydrogen) atoms. The number of para-hydroxylation sites is 2. The van der Waals surface area contributed by atoms with Crippen LogP contribution in [-0.2, 0) is 4.79 Å². The number of hydrogen-bond acceptors (Lipinski definition) is 3. The molecule has 1 aromatic rings. The lowest BCUT2D eigenvalue weighted by molar-refractivity contribution is -0.121. The molecule has 108 valence electrons. The summed E-state index contributed by atoms with van der Waals surface area (Å²) >= 11 is 0. The highest BCUT2D eigenvalue weighted by molar-refractivity contribution is 5.94. The number of rotatable bonds is 6. The maximum Gasteiger partial charge on any atom is 0.227 e. The number of nitrogens with one attached hydrogen (secondary N) is 2. The zero-order valence-corrected chi connectivity index (χ0v) is 11.9. The van der Waals surface area contributed by atoms with Gasteiger partial charge in [-0.25, -0.2) is 0 Å². The second kappa shape index (κ2) is 5.83. The van der Waals surface area contributed by atoms with Crippen molar-refractivity contribution < 1.29 is 9.53 Å². The van der Waals surface area contributed by atoms with E-state index in [1.165, 1.54) is 12.8 Å². The SMILES string of the molecule is CC(C(=O)Nc1ccccc1OCC1CC1)C1CNC1. The first kappa shape index (κ1) is 13.4. The first-order chi connectivity index (χ1) is 9.74. The molecule has 1 amide bonds. The number of anilines is 1. The molecule has 1 saturated heterocycles. The lowest BCUT2D eigenvalue weighted by Crippen LogP contribution is -2.48. The summed E-state index contributed by atoms with van der Waals surface area (Å²) in [6.07, 6.45) is 2.53. The van der Waals surface area contributed by atoms with E-state index in [4.69, 9.17) is 4.74 Å². The summed E-state index contributed by atoms with van der Waals surface area (Å²) in [5.41, 5.74) is 0.789. The van der Waals surface area contributed by atoms with Crippen LogP contribution in [0.2, 0.25) is 0 Å². The van der Waals surface area contributed by atoms with Gasteiger partial charge in [-0.1, -0.05) is 19.1 Å². The van der Waals surface area contributed by atoms with Crippen LogP contribution < -0.4 is 15.4 Å². The topological polar surface area (TPSA) is 50.4 Å². The van der Waals surface area contributed by atoms with Gasteiger partial charge in [-0.05, 0) is 49.9 Å². The van der Waals surface area contributed by atoms with E-state index in [0.717, 1.165) is 31.1 Å². The fraction of sp³-hybridized carbons (Fsp3) is 0.562. The van der Waals surface area contributed by atoms with Crippen LogP contribution in [0.3, 0.4) is 0 Å². The minimum atomic E-state index is 0.0349. The number of benzene rings is 1. The third-order valence-corrected chi connectivity index (χ3v) is 4.25. The van der Waals surface area contributed by atoms with E-state index in [2.05, 4.69) is 10.6 Å². The summed E-state index contributed by atoms with van der Waals surface area (Å²) < 4.78 is 5.82. The Balaban J connectivity index is 1.61. The standard InChI is InChI=1S/C16H22N2O2/c1-11(13-8-17-9-13)16(19)18-14-4-2-3-5-15(14)20-10-12-6-7-12/h2-5,11-13,17H,6-10H2,1H3,(H,18,19). The van der Waals surface area contributed by atoms with Gasteiger partial charge in [0, 0.05) is 5.92 Å². The molecule has 1 aliphatic carbocycles. The van der Waals surface area contributed by atoms with E-state index in [9.17, 15) is 4.79 Å². The van der Waals surface area contributed by atoms with Crippen LogP contribution in [0.25, 0.3) is 0 Å². The van der Waals surface area contributed by atoms with E-state index in [0.29, 0.717) is 11.8 Å². The molecule has 1 saturated carbocycles. The van der Waals surface area contributed by atoms with Crippen molar-refractivity contribution in [2.45, 2.75) is 19.8 Å². The number of amides is 1. The highest BCUT2D eigenvalue weighted by atomic mass is 16.5. The van der Waals surface area contributed by atoms with Crippen molar-refractivity contribution in [1.29, 1.82) is 0 Å². The molecule has 2 fully saturated rings. The van der Waals surface area contributed by atoms with Crippen LogP contribution in [0.1, 0.15) is 19.8 Å². The zero-order valence-electron chi connectivity index (χ0n) is 11.9. The van der Waals surface area contributed by atoms with Crippen molar-refractivity contribution in [3.05, 3.63) is 24.3 Å². The number of hydrogen-bond donors (Lipinski definition) is 2. The molecule has 0 radical (unpaired) electrons. The molecule has 0 bridgehead atoms. The van der Waals surface area contributed by atoms with Gasteiger partial charge in [0.05, 0.1) is 12.3 Å². The summed E-state index contributed by atoms with van der Waals surface area (Å²) in [6.45, 7) is 4.63. The third-order valence-electron chi connectivity index (χ3n) is 4.25. The highest BCUT2D eigenvalue weighted by Gasteiger charge is 2.29. The molecule has 4 heteroatoms. The molecular weight excluding hydrogens is 252 g/mol. The molecule has 2 aliphatic rings. The van der Waals surface area contributed by atoms with Crippen LogP contribution in [0.4, 0.5) is 5.69 Å². The second-order valence-corrected chi connectivity index (χ2v) is 5.95. The molecule has 1 atom stereocenters. The first-order valence-corrected chi connectivity index (χ1v) is 7.47. The average Bonchev–Trinajstić information content (AvgIpc) is 3.19. The summed E-state index contributed by atoms with van der Waals surface area (Å²) in [5, 5.41) is 6.22. The average molecular weight is 274 g/mol. The summed E-state index contributed by atoms with van der Waals surface area (Å²) in [7, 11) is 0. The number of carbonyl (C=O) groups excluding carboxylic acids is 1. The van der Waals surface area contributed by atoms with Crippen LogP contribution in [0.5, 0.6) is 5.75 Å². The monoisotopic (exact) mass is 274 g/mol. The van der Waals surface area contributed by atoms with E-state index in [1.54, 1.807) is 0 Å². The van der Waals surface area contributed by atoms with Crippen molar-refractivity contribution in [3.63, 3.8) is 0 Å². The van der Waals surface area contributed by atoms with Crippen molar-refractivity contribution in [1.82, 2.24) is 5.32 Å². The van der Waals surface area contributed by atoms with Crippen LogP contribution in [-0.4, -0.2) is 25.6 Å². The summed E-state index contributed by atoms with van der Waals surface area (Å²) in [6, 6.07) is 7.70. The van der Waals surface area contributed by atoms with Crippen LogP contribution in [0.15, 0.2) is 24.3 Å². The third kappa shape index (κ3) is 3.12. The fourth-order valence-electron chi connectivity index (χ4n) is 2.31. The fourth-order valence-corrected chi connectivity index (χ4v) is 2.31. The van der Waals surface area contributed by atoms with Gasteiger partial charge in [0.2, 0.25) is 5.91 Å². The van der Waals surface area contributed by atoms with Gasteiger partial charge in [-0.3, -0.25) is 4.79 Å². The zero-order chi connectivity index (χ0) is 13.9. The Morgan fingerprint density at radius 2 is 2.15 bits per heavy atom. The summed E-state index contributed by atoms with van der Waals surface area (Å²) in [4.78, 5) is 12.3. The smallest absolute Gasteiger partial charge is 0.227 e. The molecule has 3 rings (SSSR count). The molecule has 0 aromatic heterocycles. The highest BCUT2D eigenvalue weighted by Crippen LogP contribution is 2.32. The van der Waals surface area contributed by atoms with E-state index >= 15 is 0 Å². The molecule has 1 aliphatic heterocycles. The largest absolute Gasteiger partial charge is 0.491 e. The Labute approximate surface area is 119 Å². The van der Waals surface area contributed by atoms with Crippen molar-refractivity contribution >= 4 is 11.6 Å². The molecule has 4 nitrogen and oxygen atoms in total. The predicted octanol–water partition coefficient (Wildman–Crippen LogP) is 2.27. The Kier molecular flexibility index (Phi) is 3.92. The van der Waals surface area contributed by atoms with Gasteiger partial charge in [0.1, 0.15) is 5.75 Å². The van der Waals surface area contributed by atoms with Crippen molar-refractivity contribution in [2.75, 3.05) is 25.0 Å². The van der Waals surface area contributed by atoms with Crippen molar-refractivity contribution in [3.8, 4) is 5.75 Å². The van der Waals surface area contributed by atoms with Crippen LogP contribution in [0, 0.1) is 17.8 Å². The minimum Gasteiger partial charge on any atom is -0.491 e. The second-order valence-electron chi connectivity index (χ2n) is 5.95. The Hall–Kier alpha value is -1.55. The quantitative estimate of drug-likeness (QED) is 0.836. The van der Waals surface area contributed by atoms with Gasteiger partial charge in [-0.2, -0.15) is 0 Å². The minimum absolute atomic E-state index is 0.0349. The Morgan fingerprint density at radius 3 is 2.80 bits per heavy atom. The normalized spacial score (nSPS) is 20.1. The maximum atomic E-state index is 12.3. The predicted molar refractivity (Wildman–Crippen MR) is 78.8 cm³/mol. The molecule has 2 N–H and O–H groups in total. The molecule has 1 heterocycles. The van der Waals surface area contributed by atoms with Gasteiger partial charge in [-0.15, -0.1) is 0 Å². The number of ether oxygens (including phenoxy) is 1.